The zero-order valence-electron chi connectivity index (χ0n) is 24.9. The van der Waals surface area contributed by atoms with Gasteiger partial charge in [-0.15, -0.1) is 0 Å². The molecule has 10 heteroatoms. The Kier molecular flexibility index (Phi) is 12.4. The van der Waals surface area contributed by atoms with Gasteiger partial charge >= 0.3 is 7.32 Å². The molecule has 3 aromatic carbocycles. The van der Waals surface area contributed by atoms with Crippen LogP contribution in [-0.2, 0) is 20.7 Å². The molecule has 224 valence electrons. The van der Waals surface area contributed by atoms with Crippen molar-refractivity contribution in [2.45, 2.75) is 58.8 Å². The molecule has 0 saturated carbocycles. The van der Waals surface area contributed by atoms with E-state index < -0.39 is 31.5 Å². The minimum atomic E-state index is -2.04. The summed E-state index contributed by atoms with van der Waals surface area (Å²) in [5.74, 6) is -0.250. The van der Waals surface area contributed by atoms with Gasteiger partial charge in [0.1, 0.15) is 24.1 Å². The van der Waals surface area contributed by atoms with Gasteiger partial charge in [0, 0.05) is 12.1 Å². The average molecular weight is 576 g/mol. The second kappa shape index (κ2) is 16.0. The van der Waals surface area contributed by atoms with E-state index >= 15 is 0 Å². The Bertz CT molecular complexity index is 1260. The Morgan fingerprint density at radius 3 is 2.10 bits per heavy atom. The SMILES string of the molecule is COc1ccc(C[C@H](Nc2cccc(-c3ccccc3)c2)C(=O)N[C@H](C(=O)N[C@@H](CC(C)C)OB(O)O)C(C)C)cc1. The number of anilines is 1. The molecule has 0 spiro atoms. The van der Waals surface area contributed by atoms with Gasteiger partial charge in [-0.2, -0.15) is 0 Å². The van der Waals surface area contributed by atoms with Gasteiger partial charge in [-0.1, -0.05) is 82.3 Å². The van der Waals surface area contributed by atoms with Crippen molar-refractivity contribution in [3.63, 3.8) is 0 Å². The quantitative estimate of drug-likeness (QED) is 0.137. The topological polar surface area (TPSA) is 129 Å². The summed E-state index contributed by atoms with van der Waals surface area (Å²) in [5, 5.41) is 27.6. The lowest BCUT2D eigenvalue weighted by Gasteiger charge is -2.28. The van der Waals surface area contributed by atoms with Crippen LogP contribution in [0.1, 0.15) is 39.7 Å². The zero-order valence-corrected chi connectivity index (χ0v) is 24.9. The van der Waals surface area contributed by atoms with Crippen molar-refractivity contribution >= 4 is 24.8 Å². The standard InChI is InChI=1S/C32H42BN3O6/c1-21(2)18-29(42-33(39)40)35-32(38)30(22(3)4)36-31(37)28(19-23-14-16-27(41-5)17-15-23)34-26-13-9-12-25(20-26)24-10-7-6-8-11-24/h6-17,20-22,28-30,34,39-40H,18-19H2,1-5H3,(H,35,38)(H,36,37)/t28-,29+,30-/m0/s1. The van der Waals surface area contributed by atoms with Crippen LogP contribution in [0.25, 0.3) is 11.1 Å². The fourth-order valence-corrected chi connectivity index (χ4v) is 4.59. The number of methoxy groups -OCH3 is 1. The van der Waals surface area contributed by atoms with Crippen molar-refractivity contribution in [1.29, 1.82) is 0 Å². The monoisotopic (exact) mass is 575 g/mol. The molecule has 3 aromatic rings. The lowest BCUT2D eigenvalue weighted by molar-refractivity contribution is -0.132. The third-order valence-electron chi connectivity index (χ3n) is 6.75. The molecular formula is C32H42BN3O6. The number of ether oxygens (including phenoxy) is 1. The predicted molar refractivity (Wildman–Crippen MR) is 165 cm³/mol. The largest absolute Gasteiger partial charge is 0.635 e. The minimum Gasteiger partial charge on any atom is -0.497 e. The second-order valence-electron chi connectivity index (χ2n) is 11.0. The Labute approximate surface area is 248 Å². The molecule has 0 aliphatic rings. The van der Waals surface area contributed by atoms with E-state index in [0.29, 0.717) is 18.6 Å². The van der Waals surface area contributed by atoms with Crippen LogP contribution in [0.15, 0.2) is 78.9 Å². The highest BCUT2D eigenvalue weighted by Crippen LogP contribution is 2.24. The number of hydrogen-bond donors (Lipinski definition) is 5. The Morgan fingerprint density at radius 2 is 1.50 bits per heavy atom. The molecule has 3 rings (SSSR count). The third kappa shape index (κ3) is 10.2. The third-order valence-corrected chi connectivity index (χ3v) is 6.75. The minimum absolute atomic E-state index is 0.117. The maximum Gasteiger partial charge on any atom is 0.635 e. The van der Waals surface area contributed by atoms with Crippen LogP contribution < -0.4 is 20.7 Å². The van der Waals surface area contributed by atoms with Crippen LogP contribution in [0.4, 0.5) is 5.69 Å². The summed E-state index contributed by atoms with van der Waals surface area (Å²) in [6, 6.07) is 23.7. The van der Waals surface area contributed by atoms with Gasteiger partial charge in [-0.05, 0) is 59.2 Å². The second-order valence-corrected chi connectivity index (χ2v) is 11.0. The summed E-state index contributed by atoms with van der Waals surface area (Å²) in [5.41, 5.74) is 3.74. The summed E-state index contributed by atoms with van der Waals surface area (Å²) in [6.45, 7) is 7.52. The number of carbonyl (C=O) groups excluding carboxylic acids is 2. The van der Waals surface area contributed by atoms with Crippen LogP contribution in [0.5, 0.6) is 5.75 Å². The highest BCUT2D eigenvalue weighted by Gasteiger charge is 2.31. The number of hydrogen-bond acceptors (Lipinski definition) is 7. The van der Waals surface area contributed by atoms with Gasteiger partial charge in [0.15, 0.2) is 0 Å². The number of amides is 2. The Balaban J connectivity index is 1.84. The van der Waals surface area contributed by atoms with E-state index in [4.69, 9.17) is 9.39 Å². The molecule has 5 N–H and O–H groups in total. The van der Waals surface area contributed by atoms with E-state index in [1.54, 1.807) is 7.11 Å². The number of nitrogens with one attached hydrogen (secondary N) is 3. The van der Waals surface area contributed by atoms with Gasteiger partial charge in [0.05, 0.1) is 7.11 Å². The van der Waals surface area contributed by atoms with Crippen LogP contribution in [0.3, 0.4) is 0 Å². The summed E-state index contributed by atoms with van der Waals surface area (Å²) >= 11 is 0. The van der Waals surface area contributed by atoms with Gasteiger partial charge in [0.25, 0.3) is 0 Å². The smallest absolute Gasteiger partial charge is 0.497 e. The highest BCUT2D eigenvalue weighted by molar-refractivity contribution is 6.32. The van der Waals surface area contributed by atoms with Crippen LogP contribution in [0.2, 0.25) is 0 Å². The molecule has 3 atom stereocenters. The van der Waals surface area contributed by atoms with Crippen LogP contribution >= 0.6 is 0 Å². The van der Waals surface area contributed by atoms with Crippen molar-refractivity contribution in [2.75, 3.05) is 12.4 Å². The summed E-state index contributed by atoms with van der Waals surface area (Å²) in [6.07, 6.45) is -0.209. The highest BCUT2D eigenvalue weighted by atomic mass is 16.6. The van der Waals surface area contributed by atoms with E-state index in [0.717, 1.165) is 22.4 Å². The molecule has 0 aliphatic carbocycles. The molecule has 0 aromatic heterocycles. The van der Waals surface area contributed by atoms with Gasteiger partial charge in [-0.25, -0.2) is 0 Å². The molecule has 0 saturated heterocycles. The predicted octanol–water partition coefficient (Wildman–Crippen LogP) is 4.00. The van der Waals surface area contributed by atoms with E-state index in [-0.39, 0.29) is 17.7 Å². The molecule has 9 nitrogen and oxygen atoms in total. The lowest BCUT2D eigenvalue weighted by Crippen LogP contribution is -2.56. The summed E-state index contributed by atoms with van der Waals surface area (Å²) < 4.78 is 10.4. The Morgan fingerprint density at radius 1 is 0.833 bits per heavy atom. The molecule has 42 heavy (non-hydrogen) atoms. The summed E-state index contributed by atoms with van der Waals surface area (Å²) in [4.78, 5) is 27.1. The van der Waals surface area contributed by atoms with Crippen molar-refractivity contribution in [3.8, 4) is 16.9 Å². The molecule has 2 amide bonds. The molecule has 0 unspecified atom stereocenters. The number of carbonyl (C=O) groups is 2. The van der Waals surface area contributed by atoms with Crippen molar-refractivity contribution in [1.82, 2.24) is 10.6 Å². The average Bonchev–Trinajstić information content (AvgIpc) is 2.95. The van der Waals surface area contributed by atoms with Gasteiger partial charge in [-0.3, -0.25) is 9.59 Å². The normalized spacial score (nSPS) is 13.3. The Hall–Kier alpha value is -3.86. The zero-order chi connectivity index (χ0) is 30.6. The van der Waals surface area contributed by atoms with E-state index in [1.807, 2.05) is 107 Å². The van der Waals surface area contributed by atoms with E-state index in [9.17, 15) is 19.6 Å². The van der Waals surface area contributed by atoms with Crippen molar-refractivity contribution < 1.29 is 29.0 Å². The lowest BCUT2D eigenvalue weighted by atomic mass is 10.00. The van der Waals surface area contributed by atoms with Crippen LogP contribution in [-0.4, -0.2) is 54.6 Å². The fraction of sp³-hybridized carbons (Fsp3) is 0.375. The molecule has 0 radical (unpaired) electrons. The van der Waals surface area contributed by atoms with Gasteiger partial charge in [0.2, 0.25) is 11.8 Å². The molecule has 0 bridgehead atoms. The fourth-order valence-electron chi connectivity index (χ4n) is 4.59. The first-order chi connectivity index (χ1) is 20.0. The van der Waals surface area contributed by atoms with Crippen molar-refractivity contribution in [3.05, 3.63) is 84.4 Å². The molecular weight excluding hydrogens is 533 g/mol. The van der Waals surface area contributed by atoms with Crippen LogP contribution in [0, 0.1) is 11.8 Å². The first kappa shape index (κ1) is 32.7. The molecule has 0 aliphatic heterocycles. The van der Waals surface area contributed by atoms with Crippen molar-refractivity contribution in [2.24, 2.45) is 11.8 Å². The first-order valence-electron chi connectivity index (χ1n) is 14.2. The van der Waals surface area contributed by atoms with Gasteiger partial charge < -0.3 is 35.4 Å². The maximum absolute atomic E-state index is 13.8. The molecule has 0 heterocycles. The van der Waals surface area contributed by atoms with E-state index in [1.165, 1.54) is 0 Å². The first-order valence-corrected chi connectivity index (χ1v) is 14.2. The molecule has 0 fully saturated rings. The number of rotatable bonds is 15. The number of benzene rings is 3. The van der Waals surface area contributed by atoms with E-state index in [2.05, 4.69) is 16.0 Å². The summed E-state index contributed by atoms with van der Waals surface area (Å²) in [7, 11) is -0.437. The maximum atomic E-state index is 13.8.